The van der Waals surface area contributed by atoms with Gasteiger partial charge in [-0.1, -0.05) is 58.3 Å². The van der Waals surface area contributed by atoms with Gasteiger partial charge in [-0.05, 0) is 24.6 Å². The molecule has 0 saturated heterocycles. The lowest BCUT2D eigenvalue weighted by Gasteiger charge is -2.17. The van der Waals surface area contributed by atoms with Crippen LogP contribution in [0.15, 0.2) is 33.5 Å². The molecule has 3 aromatic rings. The number of aliphatic carboxylic acids is 1. The van der Waals surface area contributed by atoms with Gasteiger partial charge in [0.15, 0.2) is 17.3 Å². The molecule has 0 saturated carbocycles. The summed E-state index contributed by atoms with van der Waals surface area (Å²) in [4.78, 5) is 25.0. The Bertz CT molecular complexity index is 1290. The quantitative estimate of drug-likeness (QED) is 0.135. The second-order valence-electron chi connectivity index (χ2n) is 9.00. The molecule has 0 aliphatic carbocycles. The number of carboxylic acid groups (broad SMARTS) is 1. The van der Waals surface area contributed by atoms with Crippen LogP contribution in [0.1, 0.15) is 76.2 Å². The molecule has 0 fully saturated rings. The Morgan fingerprint density at radius 1 is 0.833 bits per heavy atom. The Balaban J connectivity index is 1.92. The van der Waals surface area contributed by atoms with Gasteiger partial charge < -0.3 is 35.1 Å². The lowest BCUT2D eigenvalue weighted by Crippen LogP contribution is -2.13. The zero-order chi connectivity index (χ0) is 26.4. The number of carbonyl (C=O) groups is 1. The van der Waals surface area contributed by atoms with Crippen LogP contribution in [0.5, 0.6) is 28.7 Å². The predicted molar refractivity (Wildman–Crippen MR) is 134 cm³/mol. The molecule has 9 heteroatoms. The highest BCUT2D eigenvalue weighted by Crippen LogP contribution is 2.43. The fourth-order valence-electron chi connectivity index (χ4n) is 4.40. The van der Waals surface area contributed by atoms with E-state index in [0.29, 0.717) is 6.42 Å². The number of aromatic hydroxyl groups is 5. The molecule has 0 amide bonds. The van der Waals surface area contributed by atoms with E-state index in [4.69, 9.17) is 4.42 Å². The molecule has 1 unspecified atom stereocenters. The van der Waals surface area contributed by atoms with E-state index < -0.39 is 51.4 Å². The largest absolute Gasteiger partial charge is 0.507 e. The molecule has 0 aliphatic rings. The van der Waals surface area contributed by atoms with Gasteiger partial charge in [-0.15, -0.1) is 0 Å². The van der Waals surface area contributed by atoms with Crippen molar-refractivity contribution in [2.45, 2.75) is 70.6 Å². The van der Waals surface area contributed by atoms with Crippen molar-refractivity contribution in [3.05, 3.63) is 40.1 Å². The minimum absolute atomic E-state index is 0.0583. The number of hydrogen-bond donors (Lipinski definition) is 6. The molecule has 3 rings (SSSR count). The first-order chi connectivity index (χ1) is 17.2. The average Bonchev–Trinajstić information content (AvgIpc) is 2.83. The van der Waals surface area contributed by atoms with E-state index in [0.717, 1.165) is 50.3 Å². The molecule has 0 spiro atoms. The second-order valence-corrected chi connectivity index (χ2v) is 9.00. The van der Waals surface area contributed by atoms with Crippen molar-refractivity contribution in [3.63, 3.8) is 0 Å². The summed E-state index contributed by atoms with van der Waals surface area (Å²) in [5, 5.41) is 60.5. The van der Waals surface area contributed by atoms with E-state index in [-0.39, 0.29) is 28.9 Å². The normalized spacial score (nSPS) is 12.1. The van der Waals surface area contributed by atoms with E-state index in [9.17, 15) is 40.2 Å². The van der Waals surface area contributed by atoms with Crippen molar-refractivity contribution in [1.29, 1.82) is 0 Å². The Morgan fingerprint density at radius 3 is 2.08 bits per heavy atom. The highest BCUT2D eigenvalue weighted by Gasteiger charge is 2.30. The van der Waals surface area contributed by atoms with Crippen molar-refractivity contribution in [2.75, 3.05) is 0 Å². The summed E-state index contributed by atoms with van der Waals surface area (Å²) in [7, 11) is 0. The number of carboxylic acids is 1. The summed E-state index contributed by atoms with van der Waals surface area (Å²) < 4.78 is 5.55. The van der Waals surface area contributed by atoms with Gasteiger partial charge in [-0.3, -0.25) is 9.59 Å². The van der Waals surface area contributed by atoms with Gasteiger partial charge >= 0.3 is 5.97 Å². The lowest BCUT2D eigenvalue weighted by molar-refractivity contribution is -0.139. The number of benzene rings is 2. The summed E-state index contributed by atoms with van der Waals surface area (Å²) in [5.74, 6) is -6.00. The van der Waals surface area contributed by atoms with Crippen LogP contribution in [0, 0.1) is 0 Å². The lowest BCUT2D eigenvalue weighted by atomic mass is 9.90. The Morgan fingerprint density at radius 2 is 1.47 bits per heavy atom. The van der Waals surface area contributed by atoms with E-state index >= 15 is 0 Å². The van der Waals surface area contributed by atoms with Crippen LogP contribution >= 0.6 is 0 Å². The molecular formula is C27H32O9. The third-order valence-corrected chi connectivity index (χ3v) is 6.38. The van der Waals surface area contributed by atoms with Crippen LogP contribution in [0.3, 0.4) is 0 Å². The third kappa shape index (κ3) is 5.67. The minimum Gasteiger partial charge on any atom is -0.507 e. The maximum atomic E-state index is 12.9. The first kappa shape index (κ1) is 26.7. The summed E-state index contributed by atoms with van der Waals surface area (Å²) in [6, 6.07) is 4.52. The summed E-state index contributed by atoms with van der Waals surface area (Å²) >= 11 is 0. The van der Waals surface area contributed by atoms with Gasteiger partial charge in [-0.2, -0.15) is 0 Å². The number of phenols is 4. The molecule has 0 radical (unpaired) electrons. The molecular weight excluding hydrogens is 468 g/mol. The molecule has 0 bridgehead atoms. The first-order valence-corrected chi connectivity index (χ1v) is 12.2. The standard InChI is InChI=1S/C27H32O9/c1-2-3-4-5-6-7-8-9-10-16(27(34)35)21-19(30)14-20-22(23(21)31)24(32)25(33)26(36-20)15-11-12-17(28)18(29)13-15/h11-14,16,28-31,33H,2-10H2,1H3,(H,34,35). The maximum Gasteiger partial charge on any atom is 0.311 e. The molecule has 36 heavy (non-hydrogen) atoms. The van der Waals surface area contributed by atoms with Crippen molar-refractivity contribution >= 4 is 16.9 Å². The molecule has 1 aromatic heterocycles. The zero-order valence-electron chi connectivity index (χ0n) is 20.2. The van der Waals surface area contributed by atoms with Gasteiger partial charge in [0.2, 0.25) is 11.2 Å². The Hall–Kier alpha value is -3.88. The number of unbranched alkanes of at least 4 members (excludes halogenated alkanes) is 7. The SMILES string of the molecule is CCCCCCCCCCC(C(=O)O)c1c(O)cc2oc(-c3ccc(O)c(O)c3)c(O)c(=O)c2c1O. The monoisotopic (exact) mass is 500 g/mol. The van der Waals surface area contributed by atoms with Gasteiger partial charge in [0.25, 0.3) is 0 Å². The summed E-state index contributed by atoms with van der Waals surface area (Å²) in [5.41, 5.74) is -1.56. The third-order valence-electron chi connectivity index (χ3n) is 6.38. The van der Waals surface area contributed by atoms with E-state index in [1.54, 1.807) is 0 Å². The zero-order valence-corrected chi connectivity index (χ0v) is 20.2. The maximum absolute atomic E-state index is 12.9. The van der Waals surface area contributed by atoms with Crippen molar-refractivity contribution in [3.8, 4) is 40.1 Å². The number of phenolic OH excluding ortho intramolecular Hbond substituents is 4. The summed E-state index contributed by atoms with van der Waals surface area (Å²) in [6.45, 7) is 2.15. The highest BCUT2D eigenvalue weighted by molar-refractivity contribution is 5.92. The Kier molecular flexibility index (Phi) is 8.68. The van der Waals surface area contributed by atoms with Crippen LogP contribution < -0.4 is 5.43 Å². The fourth-order valence-corrected chi connectivity index (χ4v) is 4.40. The van der Waals surface area contributed by atoms with Gasteiger partial charge in [0.05, 0.1) is 11.5 Å². The number of hydrogen-bond acceptors (Lipinski definition) is 8. The smallest absolute Gasteiger partial charge is 0.311 e. The molecule has 2 aromatic carbocycles. The molecule has 6 N–H and O–H groups in total. The van der Waals surface area contributed by atoms with Crippen LogP contribution in [0.2, 0.25) is 0 Å². The van der Waals surface area contributed by atoms with Gasteiger partial charge in [0, 0.05) is 11.6 Å². The molecule has 1 heterocycles. The average molecular weight is 501 g/mol. The summed E-state index contributed by atoms with van der Waals surface area (Å²) in [6.07, 6.45) is 8.21. The van der Waals surface area contributed by atoms with Crippen LogP contribution in [-0.4, -0.2) is 36.6 Å². The highest BCUT2D eigenvalue weighted by atomic mass is 16.4. The molecule has 9 nitrogen and oxygen atoms in total. The second kappa shape index (κ2) is 11.7. The van der Waals surface area contributed by atoms with E-state index in [1.165, 1.54) is 18.9 Å². The van der Waals surface area contributed by atoms with E-state index in [1.807, 2.05) is 0 Å². The minimum atomic E-state index is -1.26. The Labute approximate surface area is 207 Å². The molecule has 194 valence electrons. The van der Waals surface area contributed by atoms with Crippen LogP contribution in [-0.2, 0) is 4.79 Å². The first-order valence-electron chi connectivity index (χ1n) is 12.2. The van der Waals surface area contributed by atoms with Crippen molar-refractivity contribution < 1.29 is 39.9 Å². The number of fused-ring (bicyclic) bond motifs is 1. The fraction of sp³-hybridized carbons (Fsp3) is 0.407. The predicted octanol–water partition coefficient (Wildman–Crippen LogP) is 5.69. The van der Waals surface area contributed by atoms with Crippen LogP contribution in [0.25, 0.3) is 22.3 Å². The van der Waals surface area contributed by atoms with E-state index in [2.05, 4.69) is 6.92 Å². The number of rotatable bonds is 12. The van der Waals surface area contributed by atoms with Gasteiger partial charge in [-0.25, -0.2) is 0 Å². The molecule has 0 aliphatic heterocycles. The van der Waals surface area contributed by atoms with Crippen LogP contribution in [0.4, 0.5) is 0 Å². The molecule has 1 atom stereocenters. The van der Waals surface area contributed by atoms with Gasteiger partial charge in [0.1, 0.15) is 22.5 Å². The van der Waals surface area contributed by atoms with Crippen molar-refractivity contribution in [1.82, 2.24) is 0 Å². The van der Waals surface area contributed by atoms with Crippen molar-refractivity contribution in [2.24, 2.45) is 0 Å². The topological polar surface area (TPSA) is 169 Å².